The number of ether oxygens (including phenoxy) is 2. The molecule has 0 bridgehead atoms. The fourth-order valence-corrected chi connectivity index (χ4v) is 2.31. The van der Waals surface area contributed by atoms with Crippen LogP contribution in [-0.4, -0.2) is 30.6 Å². The molecule has 1 aliphatic heterocycles. The van der Waals surface area contributed by atoms with E-state index in [0.717, 1.165) is 34.6 Å². The minimum atomic E-state index is 0.0131. The van der Waals surface area contributed by atoms with Crippen LogP contribution in [-0.2, 0) is 0 Å². The summed E-state index contributed by atoms with van der Waals surface area (Å²) >= 11 is 5.98. The van der Waals surface area contributed by atoms with E-state index in [1.165, 1.54) is 0 Å². The number of halogens is 1. The molecule has 1 aromatic carbocycles. The maximum atomic E-state index is 5.98. The molecule has 3 rings (SSSR count). The minimum Gasteiger partial charge on any atom is -0.486 e. The smallest absolute Gasteiger partial charge is 0.162 e. The number of nitrogens with one attached hydrogen (secondary N) is 1. The lowest BCUT2D eigenvalue weighted by Gasteiger charge is -2.23. The van der Waals surface area contributed by atoms with Crippen LogP contribution in [0.2, 0.25) is 0 Å². The number of fused-ring (bicyclic) bond motifs is 2. The van der Waals surface area contributed by atoms with Crippen molar-refractivity contribution in [3.05, 3.63) is 24.4 Å². The van der Waals surface area contributed by atoms with Gasteiger partial charge in [0.25, 0.3) is 0 Å². The molecule has 0 spiro atoms. The predicted molar refractivity (Wildman–Crippen MR) is 85.7 cm³/mol. The lowest BCUT2D eigenvalue weighted by Crippen LogP contribution is -2.25. The summed E-state index contributed by atoms with van der Waals surface area (Å²) in [5, 5.41) is 5.51. The predicted octanol–water partition coefficient (Wildman–Crippen LogP) is 3.68. The number of benzene rings is 1. The second-order valence-corrected chi connectivity index (χ2v) is 6.30. The maximum absolute atomic E-state index is 5.98. The zero-order chi connectivity index (χ0) is 14.9. The summed E-state index contributed by atoms with van der Waals surface area (Å²) < 4.78 is 11.3. The number of anilines is 1. The molecule has 0 fully saturated rings. The highest BCUT2D eigenvalue weighted by Crippen LogP contribution is 2.36. The molecule has 2 aromatic rings. The van der Waals surface area contributed by atoms with Crippen molar-refractivity contribution in [2.75, 3.05) is 31.0 Å². The average Bonchev–Trinajstić information content (AvgIpc) is 2.51. The van der Waals surface area contributed by atoms with Crippen molar-refractivity contribution in [1.82, 2.24) is 4.98 Å². The number of rotatable bonds is 4. The monoisotopic (exact) mass is 306 g/mol. The number of hydrogen-bond donors (Lipinski definition) is 1. The summed E-state index contributed by atoms with van der Waals surface area (Å²) in [6.07, 6.45) is 1.80. The molecule has 0 aliphatic carbocycles. The van der Waals surface area contributed by atoms with Crippen molar-refractivity contribution >= 4 is 28.2 Å². The molecule has 0 saturated heterocycles. The van der Waals surface area contributed by atoms with Gasteiger partial charge in [0.2, 0.25) is 0 Å². The van der Waals surface area contributed by atoms with Crippen LogP contribution >= 0.6 is 11.6 Å². The molecular formula is C16H19ClN2O2. The molecule has 1 N–H and O–H groups in total. The van der Waals surface area contributed by atoms with Crippen LogP contribution < -0.4 is 14.8 Å². The molecule has 2 heterocycles. The van der Waals surface area contributed by atoms with E-state index in [0.29, 0.717) is 19.1 Å². The molecular weight excluding hydrogens is 288 g/mol. The van der Waals surface area contributed by atoms with Gasteiger partial charge in [0.05, 0.1) is 0 Å². The summed E-state index contributed by atoms with van der Waals surface area (Å²) in [5.74, 6) is 3.02. The highest BCUT2D eigenvalue weighted by molar-refractivity contribution is 6.18. The molecule has 0 atom stereocenters. The van der Waals surface area contributed by atoms with Gasteiger partial charge in [0.15, 0.2) is 11.5 Å². The van der Waals surface area contributed by atoms with Gasteiger partial charge in [-0.1, -0.05) is 13.8 Å². The second kappa shape index (κ2) is 5.60. The molecule has 0 unspecified atom stereocenters. The Morgan fingerprint density at radius 3 is 2.67 bits per heavy atom. The Labute approximate surface area is 129 Å². The lowest BCUT2D eigenvalue weighted by molar-refractivity contribution is 0.172. The van der Waals surface area contributed by atoms with Gasteiger partial charge in [-0.2, -0.15) is 0 Å². The first-order valence-corrected chi connectivity index (χ1v) is 7.61. The van der Waals surface area contributed by atoms with Gasteiger partial charge in [-0.15, -0.1) is 11.6 Å². The van der Waals surface area contributed by atoms with Gasteiger partial charge in [0.1, 0.15) is 19.0 Å². The van der Waals surface area contributed by atoms with Crippen molar-refractivity contribution in [3.8, 4) is 11.5 Å². The Kier molecular flexibility index (Phi) is 3.81. The minimum absolute atomic E-state index is 0.0131. The fourth-order valence-electron chi connectivity index (χ4n) is 2.22. The van der Waals surface area contributed by atoms with Gasteiger partial charge in [-0.25, -0.2) is 4.98 Å². The van der Waals surface area contributed by atoms with Crippen molar-refractivity contribution in [2.45, 2.75) is 13.8 Å². The van der Waals surface area contributed by atoms with Gasteiger partial charge in [-0.05, 0) is 29.0 Å². The SMILES string of the molecule is CC(C)(CCl)CNc1nccc2cc3c(cc12)OCCO3. The van der Waals surface area contributed by atoms with E-state index in [1.54, 1.807) is 6.20 Å². The summed E-state index contributed by atoms with van der Waals surface area (Å²) in [6.45, 7) is 6.18. The molecule has 5 heteroatoms. The summed E-state index contributed by atoms with van der Waals surface area (Å²) in [4.78, 5) is 4.44. The van der Waals surface area contributed by atoms with E-state index in [4.69, 9.17) is 21.1 Å². The number of nitrogens with zero attached hydrogens (tertiary/aromatic N) is 1. The van der Waals surface area contributed by atoms with E-state index < -0.39 is 0 Å². The Morgan fingerprint density at radius 2 is 1.95 bits per heavy atom. The van der Waals surface area contributed by atoms with Crippen LogP contribution in [0.25, 0.3) is 10.8 Å². The molecule has 0 amide bonds. The van der Waals surface area contributed by atoms with Crippen LogP contribution in [0.3, 0.4) is 0 Å². The second-order valence-electron chi connectivity index (χ2n) is 6.03. The highest BCUT2D eigenvalue weighted by atomic mass is 35.5. The van der Waals surface area contributed by atoms with Gasteiger partial charge in [0, 0.05) is 24.0 Å². The Hall–Kier alpha value is -1.68. The number of hydrogen-bond acceptors (Lipinski definition) is 4. The standard InChI is InChI=1S/C16H19ClN2O2/c1-16(2,9-17)10-19-15-12-8-14-13(20-5-6-21-14)7-11(12)3-4-18-15/h3-4,7-8H,5-6,9-10H2,1-2H3,(H,18,19). The van der Waals surface area contributed by atoms with Crippen LogP contribution in [0.1, 0.15) is 13.8 Å². The normalized spacial score (nSPS) is 14.2. The number of alkyl halides is 1. The average molecular weight is 307 g/mol. The third-order valence-electron chi connectivity index (χ3n) is 3.52. The third kappa shape index (κ3) is 3.00. The van der Waals surface area contributed by atoms with Crippen LogP contribution in [0.5, 0.6) is 11.5 Å². The molecule has 0 saturated carbocycles. The first-order chi connectivity index (χ1) is 10.1. The fraction of sp³-hybridized carbons (Fsp3) is 0.438. The molecule has 4 nitrogen and oxygen atoms in total. The van der Waals surface area contributed by atoms with E-state index in [9.17, 15) is 0 Å². The topological polar surface area (TPSA) is 43.4 Å². The number of aromatic nitrogens is 1. The van der Waals surface area contributed by atoms with E-state index in [2.05, 4.69) is 24.1 Å². The zero-order valence-electron chi connectivity index (χ0n) is 12.3. The largest absolute Gasteiger partial charge is 0.486 e. The highest BCUT2D eigenvalue weighted by Gasteiger charge is 2.18. The first-order valence-electron chi connectivity index (χ1n) is 7.07. The lowest BCUT2D eigenvalue weighted by atomic mass is 9.96. The van der Waals surface area contributed by atoms with Crippen molar-refractivity contribution in [3.63, 3.8) is 0 Å². The molecule has 112 valence electrons. The van der Waals surface area contributed by atoms with Crippen molar-refractivity contribution in [2.24, 2.45) is 5.41 Å². The molecule has 1 aliphatic rings. The number of pyridine rings is 1. The van der Waals surface area contributed by atoms with E-state index in [1.807, 2.05) is 18.2 Å². The zero-order valence-corrected chi connectivity index (χ0v) is 13.0. The van der Waals surface area contributed by atoms with Gasteiger partial charge < -0.3 is 14.8 Å². The first kappa shape index (κ1) is 14.3. The molecule has 1 aromatic heterocycles. The van der Waals surface area contributed by atoms with Crippen LogP contribution in [0, 0.1) is 5.41 Å². The molecule has 21 heavy (non-hydrogen) atoms. The van der Waals surface area contributed by atoms with Gasteiger partial charge >= 0.3 is 0 Å². The summed E-state index contributed by atoms with van der Waals surface area (Å²) in [5.41, 5.74) is 0.0131. The van der Waals surface area contributed by atoms with E-state index >= 15 is 0 Å². The molecule has 0 radical (unpaired) electrons. The Bertz CT molecular complexity index is 658. The maximum Gasteiger partial charge on any atom is 0.162 e. The van der Waals surface area contributed by atoms with Crippen molar-refractivity contribution in [1.29, 1.82) is 0 Å². The van der Waals surface area contributed by atoms with Crippen LogP contribution in [0.4, 0.5) is 5.82 Å². The third-order valence-corrected chi connectivity index (χ3v) is 4.25. The van der Waals surface area contributed by atoms with E-state index in [-0.39, 0.29) is 5.41 Å². The summed E-state index contributed by atoms with van der Waals surface area (Å²) in [7, 11) is 0. The Morgan fingerprint density at radius 1 is 1.24 bits per heavy atom. The quantitative estimate of drug-likeness (QED) is 0.875. The van der Waals surface area contributed by atoms with Crippen LogP contribution in [0.15, 0.2) is 24.4 Å². The summed E-state index contributed by atoms with van der Waals surface area (Å²) in [6, 6.07) is 5.97. The van der Waals surface area contributed by atoms with Crippen molar-refractivity contribution < 1.29 is 9.47 Å². The Balaban J connectivity index is 1.95. The van der Waals surface area contributed by atoms with Gasteiger partial charge in [-0.3, -0.25) is 0 Å².